The van der Waals surface area contributed by atoms with Gasteiger partial charge in [0.2, 0.25) is 0 Å². The van der Waals surface area contributed by atoms with Gasteiger partial charge in [0.25, 0.3) is 0 Å². The fraction of sp³-hybridized carbons (Fsp3) is 0.357. The van der Waals surface area contributed by atoms with Gasteiger partial charge < -0.3 is 5.11 Å². The van der Waals surface area contributed by atoms with E-state index in [2.05, 4.69) is 10.1 Å². The Labute approximate surface area is 124 Å². The van der Waals surface area contributed by atoms with Gasteiger partial charge in [-0.15, -0.1) is 0 Å². The highest BCUT2D eigenvalue weighted by molar-refractivity contribution is 5.56. The largest absolute Gasteiger partial charge is 0.505 e. The van der Waals surface area contributed by atoms with E-state index in [0.717, 1.165) is 10.7 Å². The summed E-state index contributed by atoms with van der Waals surface area (Å²) in [5, 5.41) is 22.9. The molecule has 5 nitrogen and oxygen atoms in total. The van der Waals surface area contributed by atoms with Crippen molar-refractivity contribution in [2.75, 3.05) is 0 Å². The number of alkyl halides is 3. The van der Waals surface area contributed by atoms with Crippen molar-refractivity contribution in [3.8, 4) is 17.5 Å². The number of aromatic nitrogens is 3. The van der Waals surface area contributed by atoms with Gasteiger partial charge in [-0.25, -0.2) is 9.67 Å². The number of phenolic OH excluding ortho intramolecular Hbond substituents is 1. The molecule has 0 radical (unpaired) electrons. The number of nitrogens with zero attached hydrogens (tertiary/aromatic N) is 4. The molecule has 0 saturated heterocycles. The van der Waals surface area contributed by atoms with Crippen molar-refractivity contribution in [1.29, 1.82) is 5.26 Å². The Bertz CT molecular complexity index is 751. The molecule has 8 heteroatoms. The second-order valence-electron chi connectivity index (χ2n) is 5.76. The molecular weight excluding hydrogens is 297 g/mol. The van der Waals surface area contributed by atoms with Crippen molar-refractivity contribution in [1.82, 2.24) is 14.8 Å². The van der Waals surface area contributed by atoms with Crippen LogP contribution in [0.25, 0.3) is 5.69 Å². The molecule has 0 spiro atoms. The Kier molecular flexibility index (Phi) is 3.61. The first kappa shape index (κ1) is 15.8. The van der Waals surface area contributed by atoms with Gasteiger partial charge in [-0.3, -0.25) is 0 Å². The van der Waals surface area contributed by atoms with Crippen molar-refractivity contribution in [2.24, 2.45) is 0 Å². The van der Waals surface area contributed by atoms with Gasteiger partial charge in [0.1, 0.15) is 17.6 Å². The van der Waals surface area contributed by atoms with E-state index in [1.54, 1.807) is 6.07 Å². The van der Waals surface area contributed by atoms with Crippen molar-refractivity contribution in [3.05, 3.63) is 35.4 Å². The van der Waals surface area contributed by atoms with Crippen LogP contribution >= 0.6 is 0 Å². The van der Waals surface area contributed by atoms with Gasteiger partial charge in [-0.05, 0) is 12.1 Å². The van der Waals surface area contributed by atoms with Crippen LogP contribution in [0.2, 0.25) is 0 Å². The number of aromatic hydroxyl groups is 1. The van der Waals surface area contributed by atoms with Crippen LogP contribution in [0.3, 0.4) is 0 Å². The van der Waals surface area contributed by atoms with Crippen molar-refractivity contribution >= 4 is 0 Å². The molecule has 2 rings (SSSR count). The van der Waals surface area contributed by atoms with Crippen LogP contribution in [0.4, 0.5) is 13.2 Å². The Balaban J connectivity index is 2.66. The minimum atomic E-state index is -4.78. The number of hydrogen-bond acceptors (Lipinski definition) is 4. The second kappa shape index (κ2) is 5.02. The average molecular weight is 310 g/mol. The maximum atomic E-state index is 12.9. The zero-order valence-corrected chi connectivity index (χ0v) is 12.1. The van der Waals surface area contributed by atoms with E-state index in [4.69, 9.17) is 5.26 Å². The van der Waals surface area contributed by atoms with Crippen LogP contribution in [0.1, 0.15) is 37.7 Å². The molecule has 0 bridgehead atoms. The number of hydrogen-bond donors (Lipinski definition) is 1. The quantitative estimate of drug-likeness (QED) is 0.878. The van der Waals surface area contributed by atoms with E-state index in [0.29, 0.717) is 11.9 Å². The van der Waals surface area contributed by atoms with Crippen molar-refractivity contribution < 1.29 is 18.3 Å². The number of halogens is 3. The van der Waals surface area contributed by atoms with Crippen LogP contribution in [0.15, 0.2) is 18.5 Å². The smallest absolute Gasteiger partial charge is 0.420 e. The van der Waals surface area contributed by atoms with Gasteiger partial charge in [0.05, 0.1) is 11.6 Å². The first-order valence-corrected chi connectivity index (χ1v) is 6.31. The second-order valence-corrected chi connectivity index (χ2v) is 5.76. The Morgan fingerprint density at radius 3 is 2.32 bits per heavy atom. The van der Waals surface area contributed by atoms with Crippen LogP contribution < -0.4 is 0 Å². The van der Waals surface area contributed by atoms with Crippen LogP contribution in [-0.2, 0) is 11.6 Å². The molecule has 22 heavy (non-hydrogen) atoms. The number of nitriles is 1. The fourth-order valence-electron chi connectivity index (χ4n) is 1.80. The van der Waals surface area contributed by atoms with Crippen LogP contribution in [0.5, 0.6) is 5.75 Å². The molecule has 2 aromatic rings. The molecule has 1 aromatic heterocycles. The van der Waals surface area contributed by atoms with Crippen LogP contribution in [-0.4, -0.2) is 19.9 Å². The third-order valence-corrected chi connectivity index (χ3v) is 2.93. The summed E-state index contributed by atoms with van der Waals surface area (Å²) in [7, 11) is 0. The standard InChI is InChI=1S/C14H13F3N4O/c1-13(2,3)12-19-7-21(20-12)10-5-8(6-18)4-9(11(10)22)14(15,16)17/h4-5,7,22H,1-3H3. The molecule has 1 aromatic carbocycles. The molecule has 0 aliphatic heterocycles. The summed E-state index contributed by atoms with van der Waals surface area (Å²) in [6, 6.07) is 3.37. The molecule has 0 atom stereocenters. The highest BCUT2D eigenvalue weighted by Gasteiger charge is 2.36. The van der Waals surface area contributed by atoms with Gasteiger partial charge in [0, 0.05) is 5.41 Å². The minimum absolute atomic E-state index is 0.229. The van der Waals surface area contributed by atoms with E-state index in [9.17, 15) is 18.3 Å². The van der Waals surface area contributed by atoms with Crippen molar-refractivity contribution in [2.45, 2.75) is 32.4 Å². The Hall–Kier alpha value is -2.56. The normalized spacial score (nSPS) is 12.2. The van der Waals surface area contributed by atoms with Gasteiger partial charge in [-0.2, -0.15) is 23.5 Å². The Morgan fingerprint density at radius 1 is 1.23 bits per heavy atom. The van der Waals surface area contributed by atoms with Crippen LogP contribution in [0, 0.1) is 11.3 Å². The average Bonchev–Trinajstić information content (AvgIpc) is 2.87. The fourth-order valence-corrected chi connectivity index (χ4v) is 1.80. The molecule has 0 amide bonds. The van der Waals surface area contributed by atoms with Crippen molar-refractivity contribution in [3.63, 3.8) is 0 Å². The topological polar surface area (TPSA) is 74.7 Å². The summed E-state index contributed by atoms with van der Waals surface area (Å²) in [5.41, 5.74) is -2.16. The lowest BCUT2D eigenvalue weighted by Crippen LogP contribution is -2.14. The molecule has 0 unspecified atom stereocenters. The third kappa shape index (κ3) is 2.88. The third-order valence-electron chi connectivity index (χ3n) is 2.93. The summed E-state index contributed by atoms with van der Waals surface area (Å²) < 4.78 is 39.9. The van der Waals surface area contributed by atoms with Gasteiger partial charge >= 0.3 is 6.18 Å². The van der Waals surface area contributed by atoms with E-state index < -0.39 is 22.9 Å². The van der Waals surface area contributed by atoms with Gasteiger partial charge in [-0.1, -0.05) is 20.8 Å². The molecule has 0 saturated carbocycles. The molecule has 0 aliphatic carbocycles. The highest BCUT2D eigenvalue weighted by Crippen LogP contribution is 2.39. The predicted octanol–water partition coefficient (Wildman–Crippen LogP) is 3.16. The summed E-state index contributed by atoms with van der Waals surface area (Å²) in [4.78, 5) is 4.03. The van der Waals surface area contributed by atoms with E-state index >= 15 is 0 Å². The number of phenols is 1. The van der Waals surface area contributed by atoms with E-state index in [1.165, 1.54) is 6.33 Å². The zero-order valence-electron chi connectivity index (χ0n) is 12.1. The maximum absolute atomic E-state index is 12.9. The lowest BCUT2D eigenvalue weighted by Gasteiger charge is -2.14. The summed E-state index contributed by atoms with van der Waals surface area (Å²) in [6.45, 7) is 5.54. The minimum Gasteiger partial charge on any atom is -0.505 e. The van der Waals surface area contributed by atoms with E-state index in [1.807, 2.05) is 20.8 Å². The first-order chi connectivity index (χ1) is 10.0. The first-order valence-electron chi connectivity index (χ1n) is 6.31. The Morgan fingerprint density at radius 2 is 1.86 bits per heavy atom. The molecule has 1 N–H and O–H groups in total. The lowest BCUT2D eigenvalue weighted by molar-refractivity contribution is -0.138. The zero-order chi connectivity index (χ0) is 16.7. The number of rotatable bonds is 1. The monoisotopic (exact) mass is 310 g/mol. The molecule has 116 valence electrons. The molecule has 1 heterocycles. The molecular formula is C14H13F3N4O. The highest BCUT2D eigenvalue weighted by atomic mass is 19.4. The molecule has 0 fully saturated rings. The molecule has 0 aliphatic rings. The maximum Gasteiger partial charge on any atom is 0.420 e. The number of benzene rings is 1. The summed E-state index contributed by atoms with van der Waals surface area (Å²) in [5.74, 6) is -0.584. The SMILES string of the molecule is CC(C)(C)c1ncn(-c2cc(C#N)cc(C(F)(F)F)c2O)n1. The van der Waals surface area contributed by atoms with E-state index in [-0.39, 0.29) is 11.3 Å². The summed E-state index contributed by atoms with van der Waals surface area (Å²) in [6.07, 6.45) is -3.57. The predicted molar refractivity (Wildman–Crippen MR) is 71.4 cm³/mol. The van der Waals surface area contributed by atoms with Gasteiger partial charge in [0.15, 0.2) is 11.6 Å². The lowest BCUT2D eigenvalue weighted by atomic mass is 9.96. The summed E-state index contributed by atoms with van der Waals surface area (Å²) >= 11 is 0.